The molecular weight excluding hydrogens is 197 g/mol. The lowest BCUT2D eigenvalue weighted by molar-refractivity contribution is 0.463. The summed E-state index contributed by atoms with van der Waals surface area (Å²) in [5.41, 5.74) is 5.76. The van der Waals surface area contributed by atoms with Gasteiger partial charge in [-0.1, -0.05) is 0 Å². The molecule has 0 saturated carbocycles. The summed E-state index contributed by atoms with van der Waals surface area (Å²) in [7, 11) is 0. The molecule has 3 nitrogen and oxygen atoms in total. The van der Waals surface area contributed by atoms with Crippen molar-refractivity contribution in [1.82, 2.24) is 9.55 Å². The first-order valence-corrected chi connectivity index (χ1v) is 3.62. The Morgan fingerprint density at radius 3 is 3.00 bits per heavy atom. The van der Waals surface area contributed by atoms with Crippen LogP contribution >= 0.6 is 24.8 Å². The summed E-state index contributed by atoms with van der Waals surface area (Å²) in [6.45, 7) is 1.04. The SMILES string of the molecule is Cl.Cl.N[C@H]1CCn2ccnc2C1. The van der Waals surface area contributed by atoms with E-state index in [1.807, 2.05) is 12.4 Å². The number of fused-ring (bicyclic) bond motifs is 1. The molecule has 1 aliphatic rings. The van der Waals surface area contributed by atoms with Gasteiger partial charge in [0.05, 0.1) is 0 Å². The third-order valence-electron chi connectivity index (χ3n) is 1.99. The van der Waals surface area contributed by atoms with Gasteiger partial charge in [0.15, 0.2) is 0 Å². The summed E-state index contributed by atoms with van der Waals surface area (Å²) in [4.78, 5) is 4.19. The van der Waals surface area contributed by atoms with Crippen molar-refractivity contribution in [3.63, 3.8) is 0 Å². The maximum atomic E-state index is 5.76. The predicted octanol–water partition coefficient (Wildman–Crippen LogP) is 1.00. The zero-order valence-corrected chi connectivity index (χ0v) is 8.27. The molecule has 2 N–H and O–H groups in total. The molecule has 0 aromatic carbocycles. The van der Waals surface area contributed by atoms with Crippen molar-refractivity contribution < 1.29 is 0 Å². The molecule has 0 bridgehead atoms. The van der Waals surface area contributed by atoms with Gasteiger partial charge in [-0.25, -0.2) is 4.98 Å². The fourth-order valence-electron chi connectivity index (χ4n) is 1.38. The Labute approximate surface area is 84.2 Å². The minimum atomic E-state index is 0. The van der Waals surface area contributed by atoms with E-state index < -0.39 is 0 Å². The van der Waals surface area contributed by atoms with Gasteiger partial charge in [0.1, 0.15) is 5.82 Å². The van der Waals surface area contributed by atoms with Crippen molar-refractivity contribution in [2.75, 3.05) is 0 Å². The van der Waals surface area contributed by atoms with Crippen LogP contribution < -0.4 is 5.73 Å². The predicted molar refractivity (Wildman–Crippen MR) is 53.0 cm³/mol. The topological polar surface area (TPSA) is 43.8 Å². The van der Waals surface area contributed by atoms with E-state index in [9.17, 15) is 0 Å². The van der Waals surface area contributed by atoms with Crippen molar-refractivity contribution in [1.29, 1.82) is 0 Å². The van der Waals surface area contributed by atoms with E-state index in [4.69, 9.17) is 5.73 Å². The summed E-state index contributed by atoms with van der Waals surface area (Å²) in [5, 5.41) is 0. The monoisotopic (exact) mass is 209 g/mol. The molecule has 1 aliphatic heterocycles. The molecule has 0 saturated heterocycles. The van der Waals surface area contributed by atoms with Gasteiger partial charge in [-0.15, -0.1) is 24.8 Å². The second-order valence-electron chi connectivity index (χ2n) is 2.79. The average Bonchev–Trinajstić information content (AvgIpc) is 2.33. The number of imidazole rings is 1. The number of rotatable bonds is 0. The number of aryl methyl sites for hydroxylation is 1. The lowest BCUT2D eigenvalue weighted by Crippen LogP contribution is -2.30. The molecule has 0 unspecified atom stereocenters. The molecule has 2 heterocycles. The van der Waals surface area contributed by atoms with Crippen LogP contribution in [0.4, 0.5) is 0 Å². The van der Waals surface area contributed by atoms with Gasteiger partial charge in [-0.2, -0.15) is 0 Å². The van der Waals surface area contributed by atoms with Crippen molar-refractivity contribution >= 4 is 24.8 Å². The number of nitrogens with two attached hydrogens (primary N) is 1. The lowest BCUT2D eigenvalue weighted by Gasteiger charge is -2.18. The third-order valence-corrected chi connectivity index (χ3v) is 1.99. The van der Waals surface area contributed by atoms with Gasteiger partial charge in [-0.05, 0) is 6.42 Å². The van der Waals surface area contributed by atoms with Gasteiger partial charge in [-0.3, -0.25) is 0 Å². The first kappa shape index (κ1) is 11.8. The van der Waals surface area contributed by atoms with Gasteiger partial charge in [0.25, 0.3) is 0 Å². The van der Waals surface area contributed by atoms with Crippen LogP contribution in [0, 0.1) is 0 Å². The minimum Gasteiger partial charge on any atom is -0.335 e. The van der Waals surface area contributed by atoms with Crippen LogP contribution in [0.3, 0.4) is 0 Å². The van der Waals surface area contributed by atoms with Crippen LogP contribution in [-0.2, 0) is 13.0 Å². The van der Waals surface area contributed by atoms with Crippen LogP contribution in [0.1, 0.15) is 12.2 Å². The Morgan fingerprint density at radius 2 is 2.25 bits per heavy atom. The molecule has 0 aliphatic carbocycles. The molecular formula is C7H13Cl2N3. The van der Waals surface area contributed by atoms with Crippen LogP contribution in [0.2, 0.25) is 0 Å². The molecule has 5 heteroatoms. The van der Waals surface area contributed by atoms with Crippen LogP contribution in [0.25, 0.3) is 0 Å². The van der Waals surface area contributed by atoms with Gasteiger partial charge in [0.2, 0.25) is 0 Å². The highest BCUT2D eigenvalue weighted by Gasteiger charge is 2.14. The average molecular weight is 210 g/mol. The van der Waals surface area contributed by atoms with E-state index in [-0.39, 0.29) is 24.8 Å². The molecule has 70 valence electrons. The van der Waals surface area contributed by atoms with E-state index in [1.165, 1.54) is 0 Å². The van der Waals surface area contributed by atoms with Crippen molar-refractivity contribution in [2.24, 2.45) is 5.73 Å². The molecule has 0 fully saturated rings. The number of aromatic nitrogens is 2. The van der Waals surface area contributed by atoms with Gasteiger partial charge >= 0.3 is 0 Å². The molecule has 12 heavy (non-hydrogen) atoms. The highest BCUT2D eigenvalue weighted by atomic mass is 35.5. The van der Waals surface area contributed by atoms with E-state index in [1.54, 1.807) is 0 Å². The Bertz CT molecular complexity index is 236. The van der Waals surface area contributed by atoms with E-state index in [0.717, 1.165) is 25.2 Å². The normalized spacial score (nSPS) is 20.2. The van der Waals surface area contributed by atoms with Crippen LogP contribution in [0.15, 0.2) is 12.4 Å². The largest absolute Gasteiger partial charge is 0.335 e. The molecule has 1 aromatic heterocycles. The molecule has 1 atom stereocenters. The lowest BCUT2D eigenvalue weighted by atomic mass is 10.1. The summed E-state index contributed by atoms with van der Waals surface area (Å²) >= 11 is 0. The molecule has 0 spiro atoms. The zero-order valence-electron chi connectivity index (χ0n) is 6.64. The second kappa shape index (κ2) is 4.70. The molecule has 2 rings (SSSR count). The number of halogens is 2. The molecule has 0 radical (unpaired) electrons. The first-order chi connectivity index (χ1) is 4.86. The van der Waals surface area contributed by atoms with E-state index in [0.29, 0.717) is 6.04 Å². The zero-order chi connectivity index (χ0) is 6.97. The smallest absolute Gasteiger partial charge is 0.110 e. The third kappa shape index (κ3) is 2.12. The second-order valence-corrected chi connectivity index (χ2v) is 2.79. The number of hydrogen-bond acceptors (Lipinski definition) is 2. The highest BCUT2D eigenvalue weighted by Crippen LogP contribution is 2.10. The van der Waals surface area contributed by atoms with E-state index in [2.05, 4.69) is 9.55 Å². The summed E-state index contributed by atoms with van der Waals surface area (Å²) in [6.07, 6.45) is 5.88. The van der Waals surface area contributed by atoms with Crippen molar-refractivity contribution in [3.8, 4) is 0 Å². The summed E-state index contributed by atoms with van der Waals surface area (Å²) in [6, 6.07) is 0.329. The standard InChI is InChI=1S/C7H11N3.2ClH/c8-6-1-3-10-4-2-9-7(10)5-6;;/h2,4,6H,1,3,5,8H2;2*1H/t6-;;/m0../s1. The summed E-state index contributed by atoms with van der Waals surface area (Å²) < 4.78 is 2.17. The van der Waals surface area contributed by atoms with Gasteiger partial charge < -0.3 is 10.3 Å². The maximum Gasteiger partial charge on any atom is 0.110 e. The Hall–Kier alpha value is -0.250. The van der Waals surface area contributed by atoms with Crippen molar-refractivity contribution in [3.05, 3.63) is 18.2 Å². The van der Waals surface area contributed by atoms with E-state index >= 15 is 0 Å². The Kier molecular flexibility index (Phi) is 4.60. The quantitative estimate of drug-likeness (QED) is 0.694. The highest BCUT2D eigenvalue weighted by molar-refractivity contribution is 5.85. The molecule has 0 amide bonds. The Balaban J connectivity index is 0.000000605. The maximum absolute atomic E-state index is 5.76. The van der Waals surface area contributed by atoms with Gasteiger partial charge in [0, 0.05) is 31.4 Å². The fourth-order valence-corrected chi connectivity index (χ4v) is 1.38. The minimum absolute atomic E-state index is 0. The van der Waals surface area contributed by atoms with Crippen molar-refractivity contribution in [2.45, 2.75) is 25.4 Å². The number of hydrogen-bond donors (Lipinski definition) is 1. The van der Waals surface area contributed by atoms with Crippen LogP contribution in [0.5, 0.6) is 0 Å². The van der Waals surface area contributed by atoms with Crippen LogP contribution in [-0.4, -0.2) is 15.6 Å². The summed E-state index contributed by atoms with van der Waals surface area (Å²) in [5.74, 6) is 1.14. The number of nitrogens with zero attached hydrogens (tertiary/aromatic N) is 2. The molecule has 1 aromatic rings. The Morgan fingerprint density at radius 1 is 1.50 bits per heavy atom. The first-order valence-electron chi connectivity index (χ1n) is 3.62. The fraction of sp³-hybridized carbons (Fsp3) is 0.571.